The number of carbonyl (C=O) groups excluding carboxylic acids is 1. The molecule has 0 bridgehead atoms. The van der Waals surface area contributed by atoms with E-state index in [1.54, 1.807) is 0 Å². The van der Waals surface area contributed by atoms with Gasteiger partial charge in [0.05, 0.1) is 26.5 Å². The van der Waals surface area contributed by atoms with Gasteiger partial charge in [0, 0.05) is 11.1 Å². The summed E-state index contributed by atoms with van der Waals surface area (Å²) >= 11 is 17.6. The van der Waals surface area contributed by atoms with Gasteiger partial charge in [-0.1, -0.05) is 34.8 Å². The molecular formula is C13H5Cl3NNaO5. The molecule has 0 aliphatic carbocycles. The molecule has 0 saturated heterocycles. The molecule has 114 valence electrons. The van der Waals surface area contributed by atoms with E-state index in [9.17, 15) is 20.0 Å². The number of aromatic carboxylic acids is 1. The summed E-state index contributed by atoms with van der Waals surface area (Å²) < 4.78 is 5.38. The zero-order valence-corrected chi connectivity index (χ0v) is 15.8. The summed E-state index contributed by atoms with van der Waals surface area (Å²) in [6.45, 7) is 0. The van der Waals surface area contributed by atoms with Gasteiger partial charge in [-0.25, -0.2) is 0 Å². The molecule has 6 nitrogen and oxygen atoms in total. The molecule has 0 saturated carbocycles. The molecule has 2 aromatic rings. The first kappa shape index (κ1) is 20.0. The minimum atomic E-state index is -1.70. The fourth-order valence-electron chi connectivity index (χ4n) is 1.65. The van der Waals surface area contributed by atoms with Gasteiger partial charge in [-0.05, 0) is 24.3 Å². The number of hydrogen-bond acceptors (Lipinski definition) is 5. The van der Waals surface area contributed by atoms with Gasteiger partial charge in [0.25, 0.3) is 5.69 Å². The van der Waals surface area contributed by atoms with Crippen LogP contribution in [0.3, 0.4) is 0 Å². The first-order valence-corrected chi connectivity index (χ1v) is 6.75. The third-order valence-corrected chi connectivity index (χ3v) is 3.35. The van der Waals surface area contributed by atoms with Crippen molar-refractivity contribution in [3.05, 3.63) is 61.1 Å². The summed E-state index contributed by atoms with van der Waals surface area (Å²) in [6.07, 6.45) is 0. The Hall–Kier alpha value is -1.02. The number of nitro groups is 1. The van der Waals surface area contributed by atoms with Gasteiger partial charge in [-0.2, -0.15) is 0 Å². The molecule has 0 unspecified atom stereocenters. The molecular weight excluding hydrogens is 379 g/mol. The van der Waals surface area contributed by atoms with E-state index in [2.05, 4.69) is 0 Å². The predicted octanol–water partition coefficient (Wildman–Crippen LogP) is 0.715. The van der Waals surface area contributed by atoms with Crippen molar-refractivity contribution in [3.8, 4) is 11.5 Å². The summed E-state index contributed by atoms with van der Waals surface area (Å²) in [5, 5.41) is 22.2. The van der Waals surface area contributed by atoms with Gasteiger partial charge in [0.2, 0.25) is 0 Å². The monoisotopic (exact) mass is 383 g/mol. The van der Waals surface area contributed by atoms with Crippen LogP contribution in [0.5, 0.6) is 11.5 Å². The number of benzene rings is 2. The van der Waals surface area contributed by atoms with Gasteiger partial charge in [-0.3, -0.25) is 10.1 Å². The number of rotatable bonds is 4. The summed E-state index contributed by atoms with van der Waals surface area (Å²) in [5.74, 6) is -1.66. The summed E-state index contributed by atoms with van der Waals surface area (Å²) in [5.41, 5.74) is -1.23. The van der Waals surface area contributed by atoms with E-state index in [1.807, 2.05) is 0 Å². The van der Waals surface area contributed by atoms with Crippen LogP contribution < -0.4 is 39.4 Å². The molecule has 0 amide bonds. The Labute approximate surface area is 167 Å². The topological polar surface area (TPSA) is 92.5 Å². The van der Waals surface area contributed by atoms with Crippen LogP contribution >= 0.6 is 34.8 Å². The molecule has 0 aliphatic heterocycles. The molecule has 2 rings (SSSR count). The van der Waals surface area contributed by atoms with Crippen molar-refractivity contribution in [1.82, 2.24) is 0 Å². The predicted molar refractivity (Wildman–Crippen MR) is 79.0 cm³/mol. The van der Waals surface area contributed by atoms with E-state index in [4.69, 9.17) is 39.5 Å². The smallest absolute Gasteiger partial charge is 0.545 e. The van der Waals surface area contributed by atoms with Crippen LogP contribution in [0.4, 0.5) is 5.69 Å². The van der Waals surface area contributed by atoms with Gasteiger partial charge >= 0.3 is 29.6 Å². The SMILES string of the molecule is O=C([O-])c1cc(Oc2c(Cl)cc(Cl)cc2Cl)ccc1[N+](=O)[O-].[Na+]. The summed E-state index contributed by atoms with van der Waals surface area (Å²) in [6, 6.07) is 5.92. The Morgan fingerprint density at radius 2 is 1.65 bits per heavy atom. The second-order valence-electron chi connectivity index (χ2n) is 4.02. The average Bonchev–Trinajstić information content (AvgIpc) is 2.42. The number of nitrogens with zero attached hydrogens (tertiary/aromatic N) is 1. The Balaban J connectivity index is 0.00000264. The van der Waals surface area contributed by atoms with Crippen LogP contribution in [-0.2, 0) is 0 Å². The number of nitro benzene ring substituents is 1. The van der Waals surface area contributed by atoms with E-state index >= 15 is 0 Å². The van der Waals surface area contributed by atoms with Crippen LogP contribution in [0.15, 0.2) is 30.3 Å². The fourth-order valence-corrected chi connectivity index (χ4v) is 2.54. The molecule has 2 aromatic carbocycles. The molecule has 0 atom stereocenters. The van der Waals surface area contributed by atoms with Crippen LogP contribution in [0.2, 0.25) is 15.1 Å². The zero-order chi connectivity index (χ0) is 16.4. The molecule has 23 heavy (non-hydrogen) atoms. The second-order valence-corrected chi connectivity index (χ2v) is 5.27. The normalized spacial score (nSPS) is 9.87. The number of carboxylic acid groups (broad SMARTS) is 1. The molecule has 0 N–H and O–H groups in total. The van der Waals surface area contributed by atoms with Crippen molar-refractivity contribution >= 4 is 46.5 Å². The van der Waals surface area contributed by atoms with Crippen LogP contribution in [-0.4, -0.2) is 10.9 Å². The quantitative estimate of drug-likeness (QED) is 0.440. The Bertz CT molecular complexity index is 761. The third-order valence-electron chi connectivity index (χ3n) is 2.57. The van der Waals surface area contributed by atoms with E-state index in [-0.39, 0.29) is 51.1 Å². The molecule has 0 aromatic heterocycles. The van der Waals surface area contributed by atoms with Crippen molar-refractivity contribution < 1.29 is 49.1 Å². The third kappa shape index (κ3) is 4.73. The van der Waals surface area contributed by atoms with E-state index in [1.165, 1.54) is 18.2 Å². The number of carboxylic acids is 1. The number of hydrogen-bond donors (Lipinski definition) is 0. The molecule has 0 radical (unpaired) electrons. The largest absolute Gasteiger partial charge is 1.00 e. The Morgan fingerprint density at radius 3 is 2.13 bits per heavy atom. The maximum atomic E-state index is 11.0. The molecule has 0 heterocycles. The summed E-state index contributed by atoms with van der Waals surface area (Å²) in [4.78, 5) is 20.9. The van der Waals surface area contributed by atoms with Crippen LogP contribution in [0.25, 0.3) is 0 Å². The van der Waals surface area contributed by atoms with Gasteiger partial charge in [0.15, 0.2) is 5.75 Å². The fraction of sp³-hybridized carbons (Fsp3) is 0. The van der Waals surface area contributed by atoms with Crippen molar-refractivity contribution in [2.45, 2.75) is 0 Å². The first-order chi connectivity index (χ1) is 10.3. The van der Waals surface area contributed by atoms with Gasteiger partial charge < -0.3 is 14.6 Å². The summed E-state index contributed by atoms with van der Waals surface area (Å²) in [7, 11) is 0. The maximum absolute atomic E-state index is 11.0. The second kappa shape index (κ2) is 8.19. The van der Waals surface area contributed by atoms with Crippen molar-refractivity contribution in [2.24, 2.45) is 0 Å². The number of halogens is 3. The van der Waals surface area contributed by atoms with E-state index in [0.717, 1.165) is 12.1 Å². The average molecular weight is 385 g/mol. The van der Waals surface area contributed by atoms with Crippen LogP contribution in [0.1, 0.15) is 10.4 Å². The van der Waals surface area contributed by atoms with Crippen molar-refractivity contribution in [3.63, 3.8) is 0 Å². The minimum absolute atomic E-state index is 0. The Morgan fingerprint density at radius 1 is 1.09 bits per heavy atom. The minimum Gasteiger partial charge on any atom is -0.545 e. The zero-order valence-electron chi connectivity index (χ0n) is 11.5. The maximum Gasteiger partial charge on any atom is 1.00 e. The molecule has 0 spiro atoms. The number of ether oxygens (including phenoxy) is 1. The molecule has 0 fully saturated rings. The van der Waals surface area contributed by atoms with E-state index < -0.39 is 22.1 Å². The first-order valence-electron chi connectivity index (χ1n) is 5.61. The molecule has 0 aliphatic rings. The van der Waals surface area contributed by atoms with Gasteiger partial charge in [0.1, 0.15) is 5.75 Å². The molecule has 10 heteroatoms. The van der Waals surface area contributed by atoms with E-state index in [0.29, 0.717) is 5.02 Å². The van der Waals surface area contributed by atoms with Crippen LogP contribution in [0, 0.1) is 10.1 Å². The van der Waals surface area contributed by atoms with Crippen molar-refractivity contribution in [1.29, 1.82) is 0 Å². The van der Waals surface area contributed by atoms with Gasteiger partial charge in [-0.15, -0.1) is 0 Å². The standard InChI is InChI=1S/C13H6Cl3NO5.Na/c14-6-3-9(15)12(10(16)4-6)22-7-1-2-11(17(20)21)8(5-7)13(18)19;/h1-5H,(H,18,19);/q;+1/p-1. The number of carbonyl (C=O) groups is 1. The Kier molecular flexibility index (Phi) is 7.13. The van der Waals surface area contributed by atoms with Crippen molar-refractivity contribution in [2.75, 3.05) is 0 Å².